The predicted octanol–water partition coefficient (Wildman–Crippen LogP) is 3.75. The summed E-state index contributed by atoms with van der Waals surface area (Å²) >= 11 is 0. The first kappa shape index (κ1) is 22.1. The molecule has 2 aromatic carbocycles. The SMILES string of the molecule is CC[C@@]12C[C@H]3CN(C(=O)OCc4ccccc4)[C@@H]1[C@](C#Cc1cc(OC)ccc1N)(C3)C(=O)O2. The van der Waals surface area contributed by atoms with Crippen LogP contribution in [0.2, 0.25) is 0 Å². The molecule has 34 heavy (non-hydrogen) atoms. The van der Waals surface area contributed by atoms with Gasteiger partial charge in [0.25, 0.3) is 0 Å². The van der Waals surface area contributed by atoms with Gasteiger partial charge >= 0.3 is 12.1 Å². The minimum atomic E-state index is -1.11. The fourth-order valence-corrected chi connectivity index (χ4v) is 5.83. The number of methoxy groups -OCH3 is 1. The second-order valence-corrected chi connectivity index (χ2v) is 9.35. The number of carbonyl (C=O) groups excluding carboxylic acids is 2. The molecule has 4 bridgehead atoms. The van der Waals surface area contributed by atoms with Crippen LogP contribution in [0.15, 0.2) is 48.5 Å². The number of nitrogens with two attached hydrogens (primary N) is 1. The lowest BCUT2D eigenvalue weighted by molar-refractivity contribution is -0.153. The molecule has 1 aliphatic carbocycles. The van der Waals surface area contributed by atoms with Gasteiger partial charge in [0.05, 0.1) is 12.7 Å². The molecular weight excluding hydrogens is 432 g/mol. The van der Waals surface area contributed by atoms with Crippen molar-refractivity contribution in [2.45, 2.75) is 44.4 Å². The molecule has 176 valence electrons. The Morgan fingerprint density at radius 1 is 1.24 bits per heavy atom. The third-order valence-corrected chi connectivity index (χ3v) is 7.36. The second kappa shape index (κ2) is 8.28. The number of rotatable bonds is 4. The summed E-state index contributed by atoms with van der Waals surface area (Å²) in [7, 11) is 1.57. The van der Waals surface area contributed by atoms with Crippen LogP contribution in [0, 0.1) is 23.2 Å². The monoisotopic (exact) mass is 460 g/mol. The van der Waals surface area contributed by atoms with Gasteiger partial charge in [-0.05, 0) is 48.9 Å². The molecule has 3 heterocycles. The van der Waals surface area contributed by atoms with Crippen molar-refractivity contribution in [3.05, 3.63) is 59.7 Å². The Balaban J connectivity index is 1.49. The molecule has 4 fully saturated rings. The van der Waals surface area contributed by atoms with E-state index in [2.05, 4.69) is 11.8 Å². The Bertz CT molecular complexity index is 1190. The van der Waals surface area contributed by atoms with Crippen molar-refractivity contribution in [1.29, 1.82) is 0 Å². The van der Waals surface area contributed by atoms with Gasteiger partial charge in [-0.15, -0.1) is 0 Å². The summed E-state index contributed by atoms with van der Waals surface area (Å²) in [5, 5.41) is 0. The van der Waals surface area contributed by atoms with Gasteiger partial charge in [-0.3, -0.25) is 9.69 Å². The average molecular weight is 461 g/mol. The van der Waals surface area contributed by atoms with Gasteiger partial charge in [0.2, 0.25) is 0 Å². The van der Waals surface area contributed by atoms with E-state index in [0.29, 0.717) is 36.4 Å². The second-order valence-electron chi connectivity index (χ2n) is 9.35. The van der Waals surface area contributed by atoms with Crippen LogP contribution >= 0.6 is 0 Å². The van der Waals surface area contributed by atoms with Crippen LogP contribution in [0.3, 0.4) is 0 Å². The number of anilines is 1. The average Bonchev–Trinajstić information content (AvgIpc) is 3.05. The van der Waals surface area contributed by atoms with E-state index in [1.54, 1.807) is 30.2 Å². The van der Waals surface area contributed by atoms with Gasteiger partial charge in [-0.1, -0.05) is 49.1 Å². The van der Waals surface area contributed by atoms with Crippen molar-refractivity contribution >= 4 is 17.7 Å². The van der Waals surface area contributed by atoms with E-state index >= 15 is 0 Å². The molecule has 1 saturated carbocycles. The first-order valence-corrected chi connectivity index (χ1v) is 11.6. The number of amides is 1. The number of nitrogens with zero attached hydrogens (tertiary/aromatic N) is 1. The Labute approximate surface area is 199 Å². The van der Waals surface area contributed by atoms with Gasteiger partial charge in [0.1, 0.15) is 24.0 Å². The molecule has 0 spiro atoms. The standard InChI is InChI=1S/C27H28N2O5/c1-3-27-15-19-14-26(24(30)34-27,12-11-20-13-21(32-2)9-10-22(20)28)23(27)29(16-19)25(31)33-17-18-7-5-4-6-8-18/h4-10,13,19,23H,3,14-17,28H2,1-2H3/t19-,23+,26-,27+/m0/s1. The number of fused-ring (bicyclic) bond motifs is 1. The van der Waals surface area contributed by atoms with Gasteiger partial charge in [-0.25, -0.2) is 4.79 Å². The number of piperidine rings is 2. The minimum absolute atomic E-state index is 0.0950. The highest BCUT2D eigenvalue weighted by atomic mass is 16.6. The molecule has 0 aromatic heterocycles. The molecule has 2 N–H and O–H groups in total. The molecule has 7 heteroatoms. The quantitative estimate of drug-likeness (QED) is 0.425. The fraction of sp³-hybridized carbons (Fsp3) is 0.407. The van der Waals surface area contributed by atoms with E-state index in [0.717, 1.165) is 12.0 Å². The molecular formula is C27H28N2O5. The van der Waals surface area contributed by atoms with Crippen LogP contribution in [-0.2, 0) is 20.9 Å². The molecule has 4 aliphatic rings. The lowest BCUT2D eigenvalue weighted by atomic mass is 9.58. The maximum absolute atomic E-state index is 13.3. The zero-order valence-corrected chi connectivity index (χ0v) is 19.4. The maximum atomic E-state index is 13.3. The van der Waals surface area contributed by atoms with Crippen molar-refractivity contribution < 1.29 is 23.8 Å². The Hall–Kier alpha value is -3.66. The molecule has 3 aliphatic heterocycles. The van der Waals surface area contributed by atoms with E-state index in [-0.39, 0.29) is 18.5 Å². The molecule has 2 aromatic rings. The summed E-state index contributed by atoms with van der Waals surface area (Å²) in [5.41, 5.74) is 6.25. The van der Waals surface area contributed by atoms with Gasteiger partial charge in [0, 0.05) is 12.2 Å². The first-order valence-electron chi connectivity index (χ1n) is 11.6. The number of carbonyl (C=O) groups is 2. The van der Waals surface area contributed by atoms with Gasteiger partial charge in [-0.2, -0.15) is 0 Å². The summed E-state index contributed by atoms with van der Waals surface area (Å²) in [6.07, 6.45) is 1.44. The van der Waals surface area contributed by atoms with Crippen molar-refractivity contribution in [1.82, 2.24) is 4.90 Å². The summed E-state index contributed by atoms with van der Waals surface area (Å²) in [5.74, 6) is 6.70. The molecule has 7 nitrogen and oxygen atoms in total. The highest BCUT2D eigenvalue weighted by molar-refractivity contribution is 5.88. The Morgan fingerprint density at radius 2 is 2.03 bits per heavy atom. The first-order chi connectivity index (χ1) is 16.4. The smallest absolute Gasteiger partial charge is 0.410 e. The van der Waals surface area contributed by atoms with E-state index < -0.39 is 23.2 Å². The highest BCUT2D eigenvalue weighted by Gasteiger charge is 2.73. The fourth-order valence-electron chi connectivity index (χ4n) is 5.83. The maximum Gasteiger partial charge on any atom is 0.410 e. The van der Waals surface area contributed by atoms with E-state index in [9.17, 15) is 9.59 Å². The molecule has 6 rings (SSSR count). The lowest BCUT2D eigenvalue weighted by Gasteiger charge is -2.54. The third kappa shape index (κ3) is 3.45. The van der Waals surface area contributed by atoms with Gasteiger partial charge in [0.15, 0.2) is 5.41 Å². The minimum Gasteiger partial charge on any atom is -0.497 e. The van der Waals surface area contributed by atoms with Crippen molar-refractivity contribution in [3.63, 3.8) is 0 Å². The number of benzene rings is 2. The van der Waals surface area contributed by atoms with E-state index in [4.69, 9.17) is 19.9 Å². The van der Waals surface area contributed by atoms with Crippen LogP contribution in [0.4, 0.5) is 10.5 Å². The molecule has 4 atom stereocenters. The number of esters is 1. The largest absolute Gasteiger partial charge is 0.497 e. The molecule has 1 amide bonds. The topological polar surface area (TPSA) is 91.1 Å². The molecule has 0 radical (unpaired) electrons. The number of nitrogen functional groups attached to an aromatic ring is 1. The summed E-state index contributed by atoms with van der Waals surface area (Å²) in [6.45, 7) is 2.69. The number of ether oxygens (including phenoxy) is 3. The zero-order valence-electron chi connectivity index (χ0n) is 19.4. The predicted molar refractivity (Wildman–Crippen MR) is 126 cm³/mol. The molecule has 0 unspecified atom stereocenters. The van der Waals surface area contributed by atoms with Crippen molar-refractivity contribution in [2.24, 2.45) is 11.3 Å². The summed E-state index contributed by atoms with van der Waals surface area (Å²) in [6, 6.07) is 14.3. The number of hydrogen-bond donors (Lipinski definition) is 1. The van der Waals surface area contributed by atoms with Crippen molar-refractivity contribution in [2.75, 3.05) is 19.4 Å². The zero-order chi connectivity index (χ0) is 23.9. The van der Waals surface area contributed by atoms with Crippen molar-refractivity contribution in [3.8, 4) is 17.6 Å². The lowest BCUT2D eigenvalue weighted by Crippen LogP contribution is -2.68. The number of hydrogen-bond acceptors (Lipinski definition) is 6. The third-order valence-electron chi connectivity index (χ3n) is 7.36. The summed E-state index contributed by atoms with van der Waals surface area (Å²) in [4.78, 5) is 28.3. The van der Waals surface area contributed by atoms with Crippen LogP contribution in [0.5, 0.6) is 5.75 Å². The summed E-state index contributed by atoms with van der Waals surface area (Å²) < 4.78 is 17.0. The van der Waals surface area contributed by atoms with E-state index in [1.165, 1.54) is 0 Å². The Kier molecular flexibility index (Phi) is 5.40. The van der Waals surface area contributed by atoms with Crippen LogP contribution in [0.25, 0.3) is 0 Å². The van der Waals surface area contributed by atoms with Gasteiger partial charge < -0.3 is 19.9 Å². The molecule has 3 saturated heterocycles. The normalized spacial score (nSPS) is 28.6. The van der Waals surface area contributed by atoms with E-state index in [1.807, 2.05) is 37.3 Å². The van der Waals surface area contributed by atoms with Crippen LogP contribution in [-0.4, -0.2) is 42.3 Å². The van der Waals surface area contributed by atoms with Crippen LogP contribution < -0.4 is 10.5 Å². The van der Waals surface area contributed by atoms with Crippen LogP contribution in [0.1, 0.15) is 37.3 Å². The Morgan fingerprint density at radius 3 is 2.76 bits per heavy atom. The highest BCUT2D eigenvalue weighted by Crippen LogP contribution is 2.59.